The average Bonchev–Trinajstić information content (AvgIpc) is 3.22. The van der Waals surface area contributed by atoms with Gasteiger partial charge in [-0.15, -0.1) is 0 Å². The van der Waals surface area contributed by atoms with Gasteiger partial charge in [0.15, 0.2) is 28.8 Å². The monoisotopic (exact) mass is 427 g/mol. The molecule has 1 unspecified atom stereocenters. The van der Waals surface area contributed by atoms with E-state index in [9.17, 15) is 13.6 Å². The molecule has 0 radical (unpaired) electrons. The Morgan fingerprint density at radius 3 is 2.65 bits per heavy atom. The minimum Gasteiger partial charge on any atom is -0.479 e. The Labute approximate surface area is 179 Å². The second kappa shape index (κ2) is 8.85. The molecule has 162 valence electrons. The Bertz CT molecular complexity index is 1070. The summed E-state index contributed by atoms with van der Waals surface area (Å²) < 4.78 is 37.6. The molecule has 1 aromatic heterocycles. The third kappa shape index (κ3) is 4.59. The van der Waals surface area contributed by atoms with Crippen LogP contribution in [0, 0.1) is 11.6 Å². The molecular weight excluding hydrogens is 404 g/mol. The molecule has 0 aliphatic carbocycles. The van der Waals surface area contributed by atoms with E-state index < -0.39 is 17.4 Å². The molecule has 1 aliphatic heterocycles. The van der Waals surface area contributed by atoms with Gasteiger partial charge in [-0.05, 0) is 36.7 Å². The van der Waals surface area contributed by atoms with Crippen LogP contribution in [0.5, 0.6) is 5.75 Å². The first-order valence-electron chi connectivity index (χ1n) is 9.97. The van der Waals surface area contributed by atoms with Crippen LogP contribution >= 0.6 is 0 Å². The van der Waals surface area contributed by atoms with Crippen molar-refractivity contribution >= 4 is 5.91 Å². The van der Waals surface area contributed by atoms with E-state index >= 15 is 0 Å². The van der Waals surface area contributed by atoms with E-state index in [0.29, 0.717) is 6.54 Å². The topological polar surface area (TPSA) is 58.8 Å². The normalized spacial score (nSPS) is 16.1. The van der Waals surface area contributed by atoms with Gasteiger partial charge in [0.2, 0.25) is 0 Å². The number of hydrogen-bond acceptors (Lipinski definition) is 5. The number of carbonyl (C=O) groups excluding carboxylic acids is 1. The van der Waals surface area contributed by atoms with Gasteiger partial charge in [0.25, 0.3) is 5.91 Å². The van der Waals surface area contributed by atoms with Crippen molar-refractivity contribution in [2.24, 2.45) is 0 Å². The molecule has 1 aliphatic rings. The number of rotatable bonds is 6. The van der Waals surface area contributed by atoms with Crippen LogP contribution in [0.2, 0.25) is 0 Å². The van der Waals surface area contributed by atoms with E-state index in [2.05, 4.69) is 22.2 Å². The van der Waals surface area contributed by atoms with Crippen molar-refractivity contribution in [3.8, 4) is 5.75 Å². The molecule has 0 saturated heterocycles. The summed E-state index contributed by atoms with van der Waals surface area (Å²) in [6.07, 6.45) is 0.858. The number of fused-ring (bicyclic) bond motifs is 1. The predicted octanol–water partition coefficient (Wildman–Crippen LogP) is 3.66. The fourth-order valence-electron chi connectivity index (χ4n) is 3.76. The zero-order valence-electron chi connectivity index (χ0n) is 17.3. The maximum absolute atomic E-state index is 13.7. The molecule has 2 heterocycles. The number of benzene rings is 2. The highest BCUT2D eigenvalue weighted by atomic mass is 19.1. The predicted molar refractivity (Wildman–Crippen MR) is 110 cm³/mol. The lowest BCUT2D eigenvalue weighted by atomic mass is 9.94. The first kappa shape index (κ1) is 21.0. The van der Waals surface area contributed by atoms with Gasteiger partial charge in [0, 0.05) is 32.2 Å². The molecule has 0 spiro atoms. The van der Waals surface area contributed by atoms with Gasteiger partial charge >= 0.3 is 0 Å². The van der Waals surface area contributed by atoms with Crippen molar-refractivity contribution in [3.63, 3.8) is 0 Å². The van der Waals surface area contributed by atoms with Gasteiger partial charge < -0.3 is 14.2 Å². The average molecular weight is 427 g/mol. The van der Waals surface area contributed by atoms with E-state index in [4.69, 9.17) is 9.26 Å². The van der Waals surface area contributed by atoms with Crippen LogP contribution in [0.25, 0.3) is 0 Å². The van der Waals surface area contributed by atoms with Crippen LogP contribution in [0.4, 0.5) is 8.78 Å². The zero-order valence-corrected chi connectivity index (χ0v) is 17.3. The van der Waals surface area contributed by atoms with Gasteiger partial charge in [0.05, 0.1) is 0 Å². The molecule has 0 saturated carbocycles. The minimum absolute atomic E-state index is 0.119. The van der Waals surface area contributed by atoms with Crippen LogP contribution in [-0.2, 0) is 19.6 Å². The summed E-state index contributed by atoms with van der Waals surface area (Å²) in [6.45, 7) is 1.12. The molecule has 0 N–H and O–H groups in total. The SMILES string of the molecule is CN(CC1Cc2ccccc2CN1C)C(=O)c1cc(COc2c(F)cccc2F)on1. The minimum atomic E-state index is -0.811. The third-order valence-electron chi connectivity index (χ3n) is 5.50. The van der Waals surface area contributed by atoms with Gasteiger partial charge in [-0.2, -0.15) is 0 Å². The Morgan fingerprint density at radius 2 is 1.90 bits per heavy atom. The molecular formula is C23H23F2N3O3. The molecule has 31 heavy (non-hydrogen) atoms. The second-order valence-electron chi connectivity index (χ2n) is 7.75. The van der Waals surface area contributed by atoms with E-state index in [1.165, 1.54) is 23.3 Å². The number of aromatic nitrogens is 1. The second-order valence-corrected chi connectivity index (χ2v) is 7.75. The maximum atomic E-state index is 13.7. The Hall–Kier alpha value is -3.26. The smallest absolute Gasteiger partial charge is 0.275 e. The highest BCUT2D eigenvalue weighted by Crippen LogP contribution is 2.24. The van der Waals surface area contributed by atoms with Gasteiger partial charge in [0.1, 0.15) is 6.61 Å². The van der Waals surface area contributed by atoms with Crippen molar-refractivity contribution in [1.29, 1.82) is 0 Å². The number of halogens is 2. The number of carbonyl (C=O) groups is 1. The van der Waals surface area contributed by atoms with E-state index in [-0.39, 0.29) is 30.0 Å². The summed E-state index contributed by atoms with van der Waals surface area (Å²) in [5.74, 6) is -2.21. The number of amides is 1. The zero-order chi connectivity index (χ0) is 22.0. The summed E-state index contributed by atoms with van der Waals surface area (Å²) in [7, 11) is 3.77. The van der Waals surface area contributed by atoms with E-state index in [0.717, 1.165) is 25.1 Å². The lowest BCUT2D eigenvalue weighted by Gasteiger charge is -2.36. The van der Waals surface area contributed by atoms with Crippen molar-refractivity contribution < 1.29 is 22.8 Å². The van der Waals surface area contributed by atoms with Gasteiger partial charge in [-0.1, -0.05) is 35.5 Å². The van der Waals surface area contributed by atoms with Crippen molar-refractivity contribution in [2.75, 3.05) is 20.6 Å². The summed E-state index contributed by atoms with van der Waals surface area (Å²) in [4.78, 5) is 16.6. The molecule has 1 atom stereocenters. The van der Waals surface area contributed by atoms with Gasteiger partial charge in [-0.3, -0.25) is 9.69 Å². The summed E-state index contributed by atoms with van der Waals surface area (Å²) in [6, 6.07) is 13.4. The molecule has 0 fully saturated rings. The Kier molecular flexibility index (Phi) is 5.99. The quantitative estimate of drug-likeness (QED) is 0.601. The van der Waals surface area contributed by atoms with Crippen LogP contribution in [0.3, 0.4) is 0 Å². The van der Waals surface area contributed by atoms with E-state index in [1.54, 1.807) is 11.9 Å². The van der Waals surface area contributed by atoms with Crippen molar-refractivity contribution in [2.45, 2.75) is 25.6 Å². The van der Waals surface area contributed by atoms with Gasteiger partial charge in [-0.25, -0.2) is 8.78 Å². The van der Waals surface area contributed by atoms with Crippen molar-refractivity contribution in [3.05, 3.63) is 82.7 Å². The highest BCUT2D eigenvalue weighted by molar-refractivity contribution is 5.92. The highest BCUT2D eigenvalue weighted by Gasteiger charge is 2.27. The molecule has 0 bridgehead atoms. The van der Waals surface area contributed by atoms with Crippen LogP contribution < -0.4 is 4.74 Å². The summed E-state index contributed by atoms with van der Waals surface area (Å²) >= 11 is 0. The fourth-order valence-corrected chi connectivity index (χ4v) is 3.76. The number of nitrogens with zero attached hydrogens (tertiary/aromatic N) is 3. The lowest BCUT2D eigenvalue weighted by molar-refractivity contribution is 0.0723. The van der Waals surface area contributed by atoms with Crippen LogP contribution in [0.1, 0.15) is 27.4 Å². The lowest BCUT2D eigenvalue weighted by Crippen LogP contribution is -2.46. The molecule has 1 amide bonds. The molecule has 2 aromatic carbocycles. The molecule has 6 nitrogen and oxygen atoms in total. The maximum Gasteiger partial charge on any atom is 0.275 e. The number of para-hydroxylation sites is 1. The largest absolute Gasteiger partial charge is 0.479 e. The van der Waals surface area contributed by atoms with Crippen LogP contribution in [-0.4, -0.2) is 47.5 Å². The fraction of sp³-hybridized carbons (Fsp3) is 0.304. The van der Waals surface area contributed by atoms with E-state index in [1.807, 2.05) is 19.2 Å². The molecule has 3 aromatic rings. The summed E-state index contributed by atoms with van der Waals surface area (Å²) in [5, 5.41) is 3.80. The first-order valence-corrected chi connectivity index (χ1v) is 9.97. The number of ether oxygens (including phenoxy) is 1. The summed E-state index contributed by atoms with van der Waals surface area (Å²) in [5.41, 5.74) is 2.73. The van der Waals surface area contributed by atoms with Crippen LogP contribution in [0.15, 0.2) is 53.1 Å². The first-order chi connectivity index (χ1) is 14.9. The Balaban J connectivity index is 1.37. The Morgan fingerprint density at radius 1 is 1.19 bits per heavy atom. The number of hydrogen-bond donors (Lipinski definition) is 0. The third-order valence-corrected chi connectivity index (χ3v) is 5.50. The molecule has 4 rings (SSSR count). The molecule has 8 heteroatoms. The van der Waals surface area contributed by atoms with Crippen molar-refractivity contribution in [1.82, 2.24) is 15.0 Å². The standard InChI is InChI=1S/C23H23F2N3O3/c1-27-12-16-7-4-3-6-15(16)10-17(27)13-28(2)23(29)21-11-18(31-26-21)14-30-22-19(24)8-5-9-20(22)25/h3-9,11,17H,10,12-14H2,1-2H3. The number of likely N-dealkylation sites (N-methyl/N-ethyl adjacent to an activating group) is 2.